The number of hydrogen-bond donors (Lipinski definition) is 2. The summed E-state index contributed by atoms with van der Waals surface area (Å²) < 4.78 is 72.5. The van der Waals surface area contributed by atoms with Crippen LogP contribution in [-0.4, -0.2) is 54.0 Å². The second-order valence-electron chi connectivity index (χ2n) is 11.7. The Bertz CT molecular complexity index is 1840. The summed E-state index contributed by atoms with van der Waals surface area (Å²) in [6.45, 7) is 3.58. The lowest BCUT2D eigenvalue weighted by atomic mass is 9.91. The van der Waals surface area contributed by atoms with Crippen molar-refractivity contribution in [1.82, 2.24) is 19.4 Å². The van der Waals surface area contributed by atoms with Crippen molar-refractivity contribution in [1.29, 1.82) is 0 Å². The first-order chi connectivity index (χ1) is 20.8. The van der Waals surface area contributed by atoms with E-state index < -0.39 is 44.5 Å². The first-order valence-electron chi connectivity index (χ1n) is 14.4. The number of aromatic nitrogens is 3. The van der Waals surface area contributed by atoms with Gasteiger partial charge in [0.2, 0.25) is 16.0 Å². The average molecular weight is 629 g/mol. The van der Waals surface area contributed by atoms with E-state index in [0.29, 0.717) is 29.1 Å². The molecule has 0 amide bonds. The third-order valence-electron chi connectivity index (χ3n) is 7.93. The molecule has 1 fully saturated rings. The Kier molecular flexibility index (Phi) is 8.98. The molecule has 9 nitrogen and oxygen atoms in total. The van der Waals surface area contributed by atoms with E-state index >= 15 is 8.78 Å². The van der Waals surface area contributed by atoms with Crippen LogP contribution >= 0.6 is 0 Å². The number of benzene rings is 2. The number of fused-ring (bicyclic) bond motifs is 1. The molecule has 234 valence electrons. The van der Waals surface area contributed by atoms with Gasteiger partial charge in [-0.15, -0.1) is 0 Å². The van der Waals surface area contributed by atoms with Crippen molar-refractivity contribution in [2.45, 2.75) is 63.4 Å². The number of halogens is 3. The molecule has 2 heterocycles. The minimum Gasteiger partial charge on any atom is -0.351 e. The Balaban J connectivity index is 1.44. The maximum Gasteiger partial charge on any atom is 0.260 e. The van der Waals surface area contributed by atoms with Gasteiger partial charge in [0.15, 0.2) is 0 Å². The van der Waals surface area contributed by atoms with E-state index in [2.05, 4.69) is 34.3 Å². The number of hydrogen-bond acceptors (Lipinski definition) is 7. The molecule has 13 heteroatoms. The van der Waals surface area contributed by atoms with Crippen LogP contribution in [0.4, 0.5) is 24.8 Å². The first-order valence-corrected chi connectivity index (χ1v) is 16.1. The van der Waals surface area contributed by atoms with E-state index in [1.54, 1.807) is 20.0 Å². The highest BCUT2D eigenvalue weighted by Gasteiger charge is 2.24. The maximum atomic E-state index is 15.4. The SMILES string of the molecule is CC(C)n1c(=O)c(-c2cc(F)c(NS(=O)(=O)Cc3ccc(F)cc3)cc2F)cc2cnc(NC3CCC(N(C)C)CC3)nc21. The Labute approximate surface area is 254 Å². The Hall–Kier alpha value is -3.97. The molecule has 1 aliphatic rings. The van der Waals surface area contributed by atoms with Gasteiger partial charge in [-0.2, -0.15) is 4.98 Å². The summed E-state index contributed by atoms with van der Waals surface area (Å²) in [6.07, 6.45) is 5.57. The quantitative estimate of drug-likeness (QED) is 0.245. The lowest BCUT2D eigenvalue weighted by molar-refractivity contribution is 0.221. The summed E-state index contributed by atoms with van der Waals surface area (Å²) in [5, 5.41) is 3.84. The second-order valence-corrected chi connectivity index (χ2v) is 13.4. The highest BCUT2D eigenvalue weighted by molar-refractivity contribution is 7.91. The molecule has 5 rings (SSSR count). The van der Waals surface area contributed by atoms with Crippen LogP contribution in [0.25, 0.3) is 22.2 Å². The molecule has 2 N–H and O–H groups in total. The first kappa shape index (κ1) is 31.5. The number of sulfonamides is 1. The summed E-state index contributed by atoms with van der Waals surface area (Å²) in [7, 11) is -0.00000161. The van der Waals surface area contributed by atoms with E-state index in [9.17, 15) is 17.6 Å². The van der Waals surface area contributed by atoms with E-state index in [1.165, 1.54) is 22.8 Å². The lowest BCUT2D eigenvalue weighted by Crippen LogP contribution is -2.36. The van der Waals surface area contributed by atoms with Gasteiger partial charge in [-0.25, -0.2) is 26.6 Å². The third-order valence-corrected chi connectivity index (χ3v) is 9.18. The highest BCUT2D eigenvalue weighted by Crippen LogP contribution is 2.30. The zero-order valence-corrected chi connectivity index (χ0v) is 25.8. The van der Waals surface area contributed by atoms with Crippen LogP contribution < -0.4 is 15.6 Å². The number of pyridine rings is 1. The molecule has 2 aromatic carbocycles. The van der Waals surface area contributed by atoms with Crippen molar-refractivity contribution in [3.63, 3.8) is 0 Å². The van der Waals surface area contributed by atoms with E-state index in [4.69, 9.17) is 0 Å². The average Bonchev–Trinajstić information content (AvgIpc) is 2.95. The normalized spacial score (nSPS) is 17.4. The number of rotatable bonds is 9. The van der Waals surface area contributed by atoms with Gasteiger partial charge in [-0.05, 0) is 83.5 Å². The van der Waals surface area contributed by atoms with Crippen LogP contribution in [-0.2, 0) is 15.8 Å². The zero-order valence-electron chi connectivity index (χ0n) is 24.9. The fourth-order valence-electron chi connectivity index (χ4n) is 5.62. The molecule has 0 unspecified atom stereocenters. The lowest BCUT2D eigenvalue weighted by Gasteiger charge is -2.33. The smallest absolute Gasteiger partial charge is 0.260 e. The molecule has 0 bridgehead atoms. The van der Waals surface area contributed by atoms with Crippen molar-refractivity contribution in [2.75, 3.05) is 24.1 Å². The van der Waals surface area contributed by atoms with E-state index in [0.717, 1.165) is 43.9 Å². The molecule has 44 heavy (non-hydrogen) atoms. The standard InChI is InChI=1S/C31H35F3N6O3S/c1-18(2)40-29-20(16-35-31(37-29)36-22-9-11-23(12-10-22)39(3)4)13-25(30(40)41)24-14-27(34)28(15-26(24)33)38-44(42,43)17-19-5-7-21(32)8-6-19/h5-8,13-16,18,22-23,38H,9-12,17H2,1-4H3,(H,35,36,37). The number of nitrogens with one attached hydrogen (secondary N) is 2. The van der Waals surface area contributed by atoms with Gasteiger partial charge < -0.3 is 10.2 Å². The minimum atomic E-state index is -4.16. The van der Waals surface area contributed by atoms with E-state index in [1.807, 2.05) is 4.72 Å². The van der Waals surface area contributed by atoms with Crippen LogP contribution in [0.3, 0.4) is 0 Å². The Morgan fingerprint density at radius 2 is 1.66 bits per heavy atom. The van der Waals surface area contributed by atoms with Crippen molar-refractivity contribution in [3.8, 4) is 11.1 Å². The van der Waals surface area contributed by atoms with Crippen LogP contribution in [0.5, 0.6) is 0 Å². The minimum absolute atomic E-state index is 0.116. The molecule has 4 aromatic rings. The van der Waals surface area contributed by atoms with Crippen molar-refractivity contribution < 1.29 is 21.6 Å². The monoisotopic (exact) mass is 628 g/mol. The largest absolute Gasteiger partial charge is 0.351 e. The topological polar surface area (TPSA) is 109 Å². The van der Waals surface area contributed by atoms with Gasteiger partial charge in [0.05, 0.1) is 17.0 Å². The highest BCUT2D eigenvalue weighted by atomic mass is 32.2. The van der Waals surface area contributed by atoms with Gasteiger partial charge in [0.1, 0.15) is 23.1 Å². The summed E-state index contributed by atoms with van der Waals surface area (Å²) in [5.74, 6) is -2.78. The molecule has 0 saturated heterocycles. The fraction of sp³-hybridized carbons (Fsp3) is 0.387. The van der Waals surface area contributed by atoms with Crippen LogP contribution in [0.1, 0.15) is 51.1 Å². The summed E-state index contributed by atoms with van der Waals surface area (Å²) in [4.78, 5) is 25.0. The van der Waals surface area contributed by atoms with Crippen LogP contribution in [0.2, 0.25) is 0 Å². The van der Waals surface area contributed by atoms with Gasteiger partial charge in [-0.3, -0.25) is 14.1 Å². The fourth-order valence-corrected chi connectivity index (χ4v) is 6.81. The van der Waals surface area contributed by atoms with Gasteiger partial charge >= 0.3 is 0 Å². The molecular weight excluding hydrogens is 593 g/mol. The number of anilines is 2. The van der Waals surface area contributed by atoms with Crippen molar-refractivity contribution >= 4 is 32.7 Å². The third kappa shape index (κ3) is 6.88. The Morgan fingerprint density at radius 1 is 0.977 bits per heavy atom. The second kappa shape index (κ2) is 12.6. The molecule has 1 aliphatic carbocycles. The van der Waals surface area contributed by atoms with Gasteiger partial charge in [0.25, 0.3) is 5.56 Å². The summed E-state index contributed by atoms with van der Waals surface area (Å²) in [5.41, 5.74) is -1.01. The van der Waals surface area contributed by atoms with Crippen LogP contribution in [0, 0.1) is 17.5 Å². The molecule has 0 radical (unpaired) electrons. The maximum absolute atomic E-state index is 15.4. The van der Waals surface area contributed by atoms with Gasteiger partial charge in [-0.1, -0.05) is 12.1 Å². The summed E-state index contributed by atoms with van der Waals surface area (Å²) in [6, 6.07) is 8.05. The molecule has 2 aromatic heterocycles. The molecular formula is C31H35F3N6O3S. The molecule has 0 atom stereocenters. The van der Waals surface area contributed by atoms with Crippen LogP contribution in [0.15, 0.2) is 53.5 Å². The van der Waals surface area contributed by atoms with Crippen molar-refractivity contribution in [3.05, 3.63) is 82.0 Å². The summed E-state index contributed by atoms with van der Waals surface area (Å²) >= 11 is 0. The Morgan fingerprint density at radius 3 is 2.30 bits per heavy atom. The predicted octanol–water partition coefficient (Wildman–Crippen LogP) is 5.68. The molecule has 1 saturated carbocycles. The zero-order chi connectivity index (χ0) is 31.8. The number of nitrogens with zero attached hydrogens (tertiary/aromatic N) is 4. The van der Waals surface area contributed by atoms with Crippen molar-refractivity contribution in [2.24, 2.45) is 0 Å². The molecule has 0 aliphatic heterocycles. The van der Waals surface area contributed by atoms with Gasteiger partial charge in [0, 0.05) is 41.3 Å². The molecule has 0 spiro atoms. The predicted molar refractivity (Wildman–Crippen MR) is 166 cm³/mol. The van der Waals surface area contributed by atoms with E-state index in [-0.39, 0.29) is 28.8 Å².